The predicted molar refractivity (Wildman–Crippen MR) is 119 cm³/mol. The third-order valence-electron chi connectivity index (χ3n) is 4.65. The lowest BCUT2D eigenvalue weighted by Gasteiger charge is -2.23. The maximum absolute atomic E-state index is 14.0. The zero-order valence-corrected chi connectivity index (χ0v) is 19.2. The molecule has 158 valence electrons. The molecule has 1 saturated heterocycles. The summed E-state index contributed by atoms with van der Waals surface area (Å²) in [5.41, 5.74) is 0.0120. The number of guanidine groups is 1. The zero-order valence-electron chi connectivity index (χ0n) is 16.8. The van der Waals surface area contributed by atoms with Crippen LogP contribution in [-0.2, 0) is 4.79 Å². The first-order valence-corrected chi connectivity index (χ1v) is 9.28. The van der Waals surface area contributed by atoms with Crippen LogP contribution in [0.15, 0.2) is 23.2 Å². The molecule has 28 heavy (non-hydrogen) atoms. The van der Waals surface area contributed by atoms with E-state index in [0.29, 0.717) is 19.0 Å². The lowest BCUT2D eigenvalue weighted by atomic mass is 10.2. The minimum Gasteiger partial charge on any atom is -0.365 e. The first kappa shape index (κ1) is 24.4. The van der Waals surface area contributed by atoms with Crippen molar-refractivity contribution in [3.8, 4) is 0 Å². The quantitative estimate of drug-likeness (QED) is 0.352. The second kappa shape index (κ2) is 11.4. The molecule has 1 heterocycles. The number of aliphatic imine (C=N–C) groups is 1. The smallest absolute Gasteiger partial charge is 0.243 e. The van der Waals surface area contributed by atoms with Crippen LogP contribution in [0.3, 0.4) is 0 Å². The highest BCUT2D eigenvalue weighted by Crippen LogP contribution is 2.26. The molecule has 2 N–H and O–H groups in total. The number of benzene rings is 1. The van der Waals surface area contributed by atoms with Crippen molar-refractivity contribution in [1.82, 2.24) is 15.5 Å². The van der Waals surface area contributed by atoms with Crippen LogP contribution in [0.2, 0.25) is 0 Å². The molecule has 1 aliphatic rings. The highest BCUT2D eigenvalue weighted by atomic mass is 127. The zero-order chi connectivity index (χ0) is 20.0. The summed E-state index contributed by atoms with van der Waals surface area (Å²) in [6, 6.07) is 4.07. The molecule has 0 spiro atoms. The normalized spacial score (nSPS) is 17.7. The Bertz CT molecular complexity index is 666. The molecule has 9 heteroatoms. The Balaban J connectivity index is 0.00000392. The van der Waals surface area contributed by atoms with Crippen LogP contribution in [0.25, 0.3) is 0 Å². The molecule has 1 aromatic carbocycles. The van der Waals surface area contributed by atoms with Crippen molar-refractivity contribution < 1.29 is 13.6 Å². The van der Waals surface area contributed by atoms with Gasteiger partial charge in [-0.25, -0.2) is 13.8 Å². The van der Waals surface area contributed by atoms with Crippen molar-refractivity contribution in [2.24, 2.45) is 4.99 Å². The number of para-hydroxylation sites is 1. The maximum Gasteiger partial charge on any atom is 0.243 e. The van der Waals surface area contributed by atoms with Crippen molar-refractivity contribution in [2.45, 2.75) is 38.8 Å². The second-order valence-corrected chi connectivity index (χ2v) is 7.05. The number of anilines is 1. The van der Waals surface area contributed by atoms with Crippen molar-refractivity contribution >= 4 is 41.5 Å². The van der Waals surface area contributed by atoms with Crippen LogP contribution in [0.4, 0.5) is 14.5 Å². The lowest BCUT2D eigenvalue weighted by Crippen LogP contribution is -2.48. The molecule has 1 amide bonds. The van der Waals surface area contributed by atoms with Crippen molar-refractivity contribution in [3.63, 3.8) is 0 Å². The Kier molecular flexibility index (Phi) is 9.91. The van der Waals surface area contributed by atoms with Crippen molar-refractivity contribution in [1.29, 1.82) is 0 Å². The number of carbonyl (C=O) groups excluding carboxylic acids is 1. The first-order chi connectivity index (χ1) is 12.8. The summed E-state index contributed by atoms with van der Waals surface area (Å²) in [7, 11) is 3.37. The van der Waals surface area contributed by atoms with E-state index in [9.17, 15) is 13.6 Å². The van der Waals surface area contributed by atoms with Crippen molar-refractivity contribution in [3.05, 3.63) is 29.8 Å². The number of amides is 1. The van der Waals surface area contributed by atoms with Gasteiger partial charge in [-0.1, -0.05) is 13.0 Å². The fraction of sp³-hybridized carbons (Fsp3) is 0.579. The van der Waals surface area contributed by atoms with Gasteiger partial charge in [-0.2, -0.15) is 0 Å². The maximum atomic E-state index is 14.0. The number of rotatable bonds is 6. The third kappa shape index (κ3) is 6.75. The molecule has 6 nitrogen and oxygen atoms in total. The summed E-state index contributed by atoms with van der Waals surface area (Å²) in [6.07, 6.45) is 1.62. The van der Waals surface area contributed by atoms with Crippen LogP contribution >= 0.6 is 24.0 Å². The van der Waals surface area contributed by atoms with E-state index in [1.807, 2.05) is 6.92 Å². The summed E-state index contributed by atoms with van der Waals surface area (Å²) in [5, 5.41) is 6.56. The minimum atomic E-state index is -0.557. The molecule has 2 rings (SSSR count). The largest absolute Gasteiger partial charge is 0.365 e. The SMILES string of the molecule is CCC(C)NC(=NCC(=O)N(C)C)NC1CCN(c2c(F)cccc2F)C1.I. The Morgan fingerprint density at radius 3 is 2.57 bits per heavy atom. The summed E-state index contributed by atoms with van der Waals surface area (Å²) in [4.78, 5) is 19.4. The molecule has 1 fully saturated rings. The molecule has 0 aromatic heterocycles. The van der Waals surface area contributed by atoms with E-state index in [-0.39, 0.29) is 54.2 Å². The predicted octanol–water partition coefficient (Wildman–Crippen LogP) is 2.58. The van der Waals surface area contributed by atoms with Gasteiger partial charge in [-0.3, -0.25) is 4.79 Å². The molecule has 1 aliphatic heterocycles. The van der Waals surface area contributed by atoms with Crippen LogP contribution in [0.5, 0.6) is 0 Å². The second-order valence-electron chi connectivity index (χ2n) is 7.05. The van der Waals surface area contributed by atoms with E-state index < -0.39 is 11.6 Å². The standard InChI is InChI=1S/C19H29F2N5O.HI/c1-5-13(2)23-19(22-11-17(27)25(3)4)24-14-9-10-26(12-14)18-15(20)7-6-8-16(18)21;/h6-8,13-14H,5,9-12H2,1-4H3,(H2,22,23,24);1H. The van der Waals surface area contributed by atoms with Crippen LogP contribution in [0.1, 0.15) is 26.7 Å². The fourth-order valence-electron chi connectivity index (χ4n) is 2.82. The summed E-state index contributed by atoms with van der Waals surface area (Å²) in [5.74, 6) is -0.667. The monoisotopic (exact) mass is 509 g/mol. The van der Waals surface area contributed by atoms with Crippen LogP contribution < -0.4 is 15.5 Å². The molecular formula is C19H30F2IN5O. The third-order valence-corrected chi connectivity index (χ3v) is 4.65. The Labute approximate surface area is 182 Å². The van der Waals surface area contributed by atoms with Gasteiger partial charge in [0.25, 0.3) is 0 Å². The number of halogens is 3. The number of nitrogens with zero attached hydrogens (tertiary/aromatic N) is 3. The van der Waals surface area contributed by atoms with E-state index in [4.69, 9.17) is 0 Å². The van der Waals surface area contributed by atoms with Gasteiger partial charge in [0.2, 0.25) is 5.91 Å². The molecular weight excluding hydrogens is 479 g/mol. The molecule has 0 radical (unpaired) electrons. The number of hydrogen-bond donors (Lipinski definition) is 2. The van der Waals surface area contributed by atoms with Gasteiger partial charge >= 0.3 is 0 Å². The van der Waals surface area contributed by atoms with Gasteiger partial charge in [-0.05, 0) is 31.9 Å². The summed E-state index contributed by atoms with van der Waals surface area (Å²) < 4.78 is 28.0. The van der Waals surface area contributed by atoms with Crippen LogP contribution in [-0.4, -0.2) is 62.6 Å². The van der Waals surface area contributed by atoms with Gasteiger partial charge in [0.1, 0.15) is 23.9 Å². The summed E-state index contributed by atoms with van der Waals surface area (Å²) in [6.45, 7) is 5.12. The van der Waals surface area contributed by atoms with Gasteiger partial charge in [0.15, 0.2) is 5.96 Å². The number of nitrogens with one attached hydrogen (secondary N) is 2. The summed E-state index contributed by atoms with van der Waals surface area (Å²) >= 11 is 0. The average Bonchev–Trinajstić information content (AvgIpc) is 3.06. The van der Waals surface area contributed by atoms with Gasteiger partial charge in [0.05, 0.1) is 0 Å². The van der Waals surface area contributed by atoms with Crippen LogP contribution in [0, 0.1) is 11.6 Å². The number of hydrogen-bond acceptors (Lipinski definition) is 3. The van der Waals surface area contributed by atoms with Gasteiger partial charge in [-0.15, -0.1) is 24.0 Å². The average molecular weight is 509 g/mol. The topological polar surface area (TPSA) is 60.0 Å². The minimum absolute atomic E-state index is 0. The van der Waals surface area contributed by atoms with E-state index >= 15 is 0 Å². The van der Waals surface area contributed by atoms with E-state index in [1.54, 1.807) is 19.0 Å². The molecule has 0 saturated carbocycles. The Hall–Kier alpha value is -1.65. The first-order valence-electron chi connectivity index (χ1n) is 9.28. The van der Waals surface area contributed by atoms with Gasteiger partial charge in [0, 0.05) is 39.3 Å². The highest BCUT2D eigenvalue weighted by molar-refractivity contribution is 14.0. The lowest BCUT2D eigenvalue weighted by molar-refractivity contribution is -0.127. The van der Waals surface area contributed by atoms with E-state index in [1.165, 1.54) is 23.1 Å². The number of carbonyl (C=O) groups is 1. The molecule has 2 atom stereocenters. The highest BCUT2D eigenvalue weighted by Gasteiger charge is 2.27. The van der Waals surface area contributed by atoms with Gasteiger partial charge < -0.3 is 20.4 Å². The van der Waals surface area contributed by atoms with E-state index in [0.717, 1.165) is 12.8 Å². The Morgan fingerprint density at radius 1 is 1.36 bits per heavy atom. The van der Waals surface area contributed by atoms with Crippen molar-refractivity contribution in [2.75, 3.05) is 38.6 Å². The number of likely N-dealkylation sites (N-methyl/N-ethyl adjacent to an activating group) is 1. The fourth-order valence-corrected chi connectivity index (χ4v) is 2.82. The molecule has 1 aromatic rings. The Morgan fingerprint density at radius 2 is 2.00 bits per heavy atom. The molecule has 0 bridgehead atoms. The molecule has 0 aliphatic carbocycles. The van der Waals surface area contributed by atoms with E-state index in [2.05, 4.69) is 22.5 Å². The molecule has 2 unspecified atom stereocenters.